The van der Waals surface area contributed by atoms with Crippen LogP contribution in [0.1, 0.15) is 78.6 Å². The Morgan fingerprint density at radius 3 is 2.50 bits per heavy atom. The van der Waals surface area contributed by atoms with Gasteiger partial charge in [-0.05, 0) is 74.5 Å². The van der Waals surface area contributed by atoms with Gasteiger partial charge in [-0.1, -0.05) is 13.8 Å². The molecule has 4 aliphatic carbocycles. The molecule has 0 saturated heterocycles. The molecule has 0 aliphatic heterocycles. The van der Waals surface area contributed by atoms with Gasteiger partial charge in [0.1, 0.15) is 11.9 Å². The second kappa shape index (κ2) is 5.57. The van der Waals surface area contributed by atoms with Gasteiger partial charge in [0.2, 0.25) is 0 Å². The van der Waals surface area contributed by atoms with E-state index in [0.29, 0.717) is 23.5 Å². The lowest BCUT2D eigenvalue weighted by Gasteiger charge is -2.59. The van der Waals surface area contributed by atoms with Crippen molar-refractivity contribution in [3.63, 3.8) is 0 Å². The van der Waals surface area contributed by atoms with Crippen LogP contribution < -0.4 is 0 Å². The molecule has 4 aliphatic rings. The van der Waals surface area contributed by atoms with Gasteiger partial charge in [0.25, 0.3) is 0 Å². The van der Waals surface area contributed by atoms with Crippen molar-refractivity contribution in [2.75, 3.05) is 0 Å². The fraction of sp³-hybridized carbons (Fsp3) is 0.905. The molecular formula is C21H32O3. The molecule has 7 atom stereocenters. The van der Waals surface area contributed by atoms with E-state index in [9.17, 15) is 9.59 Å². The molecule has 0 aromatic carbocycles. The number of hydrogen-bond donors (Lipinski definition) is 0. The molecule has 0 aromatic rings. The third kappa shape index (κ3) is 2.22. The first-order chi connectivity index (χ1) is 11.4. The smallest absolute Gasteiger partial charge is 0.302 e. The van der Waals surface area contributed by atoms with Crippen molar-refractivity contribution in [1.29, 1.82) is 0 Å². The van der Waals surface area contributed by atoms with Gasteiger partial charge in [-0.25, -0.2) is 0 Å². The number of ether oxygens (including phenoxy) is 1. The van der Waals surface area contributed by atoms with Crippen LogP contribution in [0.5, 0.6) is 0 Å². The molecule has 3 heteroatoms. The van der Waals surface area contributed by atoms with E-state index in [1.54, 1.807) is 6.92 Å². The average Bonchev–Trinajstić information content (AvgIpc) is 2.83. The average molecular weight is 332 g/mol. The summed E-state index contributed by atoms with van der Waals surface area (Å²) in [4.78, 5) is 24.0. The largest absolute Gasteiger partial charge is 0.462 e. The quantitative estimate of drug-likeness (QED) is 0.663. The number of ketones is 1. The van der Waals surface area contributed by atoms with Gasteiger partial charge in [0.05, 0.1) is 0 Å². The summed E-state index contributed by atoms with van der Waals surface area (Å²) in [6.45, 7) is 6.34. The highest BCUT2D eigenvalue weighted by Gasteiger charge is 2.61. The Labute approximate surface area is 145 Å². The Morgan fingerprint density at radius 1 is 1.00 bits per heavy atom. The maximum atomic E-state index is 12.5. The summed E-state index contributed by atoms with van der Waals surface area (Å²) < 4.78 is 5.72. The van der Waals surface area contributed by atoms with Gasteiger partial charge in [-0.15, -0.1) is 0 Å². The number of rotatable bonds is 1. The second-order valence-electron chi connectivity index (χ2n) is 9.55. The fourth-order valence-electron chi connectivity index (χ4n) is 7.51. The molecular weight excluding hydrogens is 300 g/mol. The first-order valence-corrected chi connectivity index (χ1v) is 10.1. The van der Waals surface area contributed by atoms with Crippen molar-refractivity contribution in [3.8, 4) is 0 Å². The maximum Gasteiger partial charge on any atom is 0.302 e. The van der Waals surface area contributed by atoms with Crippen molar-refractivity contribution >= 4 is 11.8 Å². The SMILES string of the molecule is CC(=O)OC1CCC2C3CCC4C(=O)CCCC4(C)C3CCC12C. The third-order valence-corrected chi connectivity index (χ3v) is 8.62. The topological polar surface area (TPSA) is 43.4 Å². The van der Waals surface area contributed by atoms with Crippen molar-refractivity contribution in [2.24, 2.45) is 34.5 Å². The molecule has 4 fully saturated rings. The molecule has 4 saturated carbocycles. The minimum Gasteiger partial charge on any atom is -0.462 e. The van der Waals surface area contributed by atoms with Crippen LogP contribution >= 0.6 is 0 Å². The second-order valence-corrected chi connectivity index (χ2v) is 9.55. The number of carbonyl (C=O) groups excluding carboxylic acids is 2. The Hall–Kier alpha value is -0.860. The number of carbonyl (C=O) groups is 2. The Bertz CT molecular complexity index is 555. The van der Waals surface area contributed by atoms with E-state index < -0.39 is 0 Å². The molecule has 4 rings (SSSR count). The zero-order valence-electron chi connectivity index (χ0n) is 15.5. The van der Waals surface area contributed by atoms with Gasteiger partial charge in [0, 0.05) is 24.7 Å². The van der Waals surface area contributed by atoms with Crippen LogP contribution in [-0.2, 0) is 14.3 Å². The summed E-state index contributed by atoms with van der Waals surface area (Å²) in [5.74, 6) is 2.85. The lowest BCUT2D eigenvalue weighted by molar-refractivity contribution is -0.164. The molecule has 0 amide bonds. The molecule has 134 valence electrons. The molecule has 7 unspecified atom stereocenters. The number of hydrogen-bond acceptors (Lipinski definition) is 3. The van der Waals surface area contributed by atoms with Crippen LogP contribution in [0.15, 0.2) is 0 Å². The van der Waals surface area contributed by atoms with E-state index >= 15 is 0 Å². The van der Waals surface area contributed by atoms with E-state index in [1.807, 2.05) is 0 Å². The van der Waals surface area contributed by atoms with Crippen molar-refractivity contribution in [1.82, 2.24) is 0 Å². The minimum absolute atomic E-state index is 0.111. The molecule has 0 N–H and O–H groups in total. The Morgan fingerprint density at radius 2 is 1.75 bits per heavy atom. The number of fused-ring (bicyclic) bond motifs is 5. The summed E-state index contributed by atoms with van der Waals surface area (Å²) in [6.07, 6.45) is 10.2. The summed E-state index contributed by atoms with van der Waals surface area (Å²) in [5, 5.41) is 0. The molecule has 3 nitrogen and oxygen atoms in total. The van der Waals surface area contributed by atoms with Crippen molar-refractivity contribution in [3.05, 3.63) is 0 Å². The maximum absolute atomic E-state index is 12.5. The van der Waals surface area contributed by atoms with E-state index in [0.717, 1.165) is 38.0 Å². The molecule has 24 heavy (non-hydrogen) atoms. The molecule has 0 spiro atoms. The molecule has 0 heterocycles. The van der Waals surface area contributed by atoms with Crippen LogP contribution in [0.3, 0.4) is 0 Å². The highest BCUT2D eigenvalue weighted by molar-refractivity contribution is 5.82. The van der Waals surface area contributed by atoms with Crippen LogP contribution in [0.2, 0.25) is 0 Å². The van der Waals surface area contributed by atoms with Crippen LogP contribution in [0.4, 0.5) is 0 Å². The predicted molar refractivity (Wildman–Crippen MR) is 92.3 cm³/mol. The lowest BCUT2D eigenvalue weighted by Crippen LogP contribution is -2.55. The Kier molecular flexibility index (Phi) is 3.85. The Balaban J connectivity index is 1.60. The van der Waals surface area contributed by atoms with Crippen LogP contribution in [-0.4, -0.2) is 17.9 Å². The van der Waals surface area contributed by atoms with Crippen LogP contribution in [0, 0.1) is 34.5 Å². The predicted octanol–water partition coefficient (Wildman–Crippen LogP) is 4.53. The van der Waals surface area contributed by atoms with Gasteiger partial charge in [-0.3, -0.25) is 9.59 Å². The highest BCUT2D eigenvalue weighted by atomic mass is 16.5. The van der Waals surface area contributed by atoms with Gasteiger partial charge >= 0.3 is 5.97 Å². The van der Waals surface area contributed by atoms with Gasteiger partial charge in [0.15, 0.2) is 0 Å². The lowest BCUT2D eigenvalue weighted by atomic mass is 9.45. The normalized spacial score (nSPS) is 50.6. The molecule has 0 aromatic heterocycles. The zero-order valence-corrected chi connectivity index (χ0v) is 15.5. The summed E-state index contributed by atoms with van der Waals surface area (Å²) >= 11 is 0. The monoisotopic (exact) mass is 332 g/mol. The molecule has 0 bridgehead atoms. The fourth-order valence-corrected chi connectivity index (χ4v) is 7.51. The van der Waals surface area contributed by atoms with E-state index in [2.05, 4.69) is 13.8 Å². The highest BCUT2D eigenvalue weighted by Crippen LogP contribution is 2.66. The first-order valence-electron chi connectivity index (χ1n) is 10.1. The summed E-state index contributed by atoms with van der Waals surface area (Å²) in [5.41, 5.74) is 0.397. The number of Topliss-reactive ketones (excluding diaryl/α,β-unsaturated/α-hetero) is 1. The molecule has 0 radical (unpaired) electrons. The van der Waals surface area contributed by atoms with Crippen molar-refractivity contribution in [2.45, 2.75) is 84.7 Å². The van der Waals surface area contributed by atoms with E-state index in [1.165, 1.54) is 25.7 Å². The number of esters is 1. The minimum atomic E-state index is -0.127. The third-order valence-electron chi connectivity index (χ3n) is 8.62. The first kappa shape index (κ1) is 16.6. The van der Waals surface area contributed by atoms with Gasteiger partial charge < -0.3 is 4.74 Å². The van der Waals surface area contributed by atoms with Crippen LogP contribution in [0.25, 0.3) is 0 Å². The van der Waals surface area contributed by atoms with E-state index in [-0.39, 0.29) is 22.9 Å². The van der Waals surface area contributed by atoms with Gasteiger partial charge in [-0.2, -0.15) is 0 Å². The standard InChI is InChI=1S/C21H32O3/c1-13(22)24-19-9-8-15-14-6-7-17-18(23)5-4-11-20(17,2)16(14)10-12-21(15,19)3/h14-17,19H,4-12H2,1-3H3. The van der Waals surface area contributed by atoms with E-state index in [4.69, 9.17) is 4.74 Å². The van der Waals surface area contributed by atoms with Crippen molar-refractivity contribution < 1.29 is 14.3 Å². The summed E-state index contributed by atoms with van der Waals surface area (Å²) in [7, 11) is 0. The zero-order chi connectivity index (χ0) is 17.1. The summed E-state index contributed by atoms with van der Waals surface area (Å²) in [6, 6.07) is 0.